The summed E-state index contributed by atoms with van der Waals surface area (Å²) < 4.78 is 53.3. The largest absolute Gasteiger partial charge is 0.390 e. The number of aryl methyl sites for hydroxylation is 2. The van der Waals surface area contributed by atoms with E-state index in [9.17, 15) is 31.9 Å². The molecule has 0 spiro atoms. The number of sulfone groups is 1. The first-order valence-electron chi connectivity index (χ1n) is 16.7. The average Bonchev–Trinajstić information content (AvgIpc) is 3.03. The van der Waals surface area contributed by atoms with Crippen molar-refractivity contribution < 1.29 is 31.9 Å². The maximum atomic E-state index is 14.1. The molecule has 260 valence electrons. The van der Waals surface area contributed by atoms with Crippen LogP contribution < -0.4 is 5.32 Å². The molecule has 4 rings (SSSR count). The number of nitrogens with zero attached hydrogens (tertiary/aromatic N) is 2. The van der Waals surface area contributed by atoms with Crippen LogP contribution in [-0.2, 0) is 28.4 Å². The Bertz CT molecular complexity index is 1690. The van der Waals surface area contributed by atoms with Gasteiger partial charge >= 0.3 is 0 Å². The number of aliphatic hydroxyl groups is 1. The lowest BCUT2D eigenvalue weighted by Crippen LogP contribution is -2.44. The molecule has 8 nitrogen and oxygen atoms in total. The van der Waals surface area contributed by atoms with Gasteiger partial charge in [-0.1, -0.05) is 39.0 Å². The van der Waals surface area contributed by atoms with E-state index >= 15 is 0 Å². The topological polar surface area (TPSA) is 107 Å². The third-order valence-corrected chi connectivity index (χ3v) is 10.1. The van der Waals surface area contributed by atoms with Gasteiger partial charge in [-0.25, -0.2) is 17.2 Å². The zero-order valence-electron chi connectivity index (χ0n) is 28.3. The van der Waals surface area contributed by atoms with Crippen molar-refractivity contribution in [3.8, 4) is 0 Å². The minimum Gasteiger partial charge on any atom is -0.390 e. The lowest BCUT2D eigenvalue weighted by Gasteiger charge is -2.30. The summed E-state index contributed by atoms with van der Waals surface area (Å²) >= 11 is 0. The van der Waals surface area contributed by atoms with Gasteiger partial charge in [-0.2, -0.15) is 0 Å². The van der Waals surface area contributed by atoms with Crippen molar-refractivity contribution in [2.75, 3.05) is 38.5 Å². The summed E-state index contributed by atoms with van der Waals surface area (Å²) in [6.45, 7) is 8.89. The summed E-state index contributed by atoms with van der Waals surface area (Å²) in [5, 5.41) is 14.4. The van der Waals surface area contributed by atoms with Crippen LogP contribution in [0.25, 0.3) is 0 Å². The lowest BCUT2D eigenvalue weighted by molar-refractivity contribution is 0.0621. The Hall–Kier alpha value is -3.67. The number of carbonyl (C=O) groups excluding carboxylic acids is 2. The predicted octanol–water partition coefficient (Wildman–Crippen LogP) is 5.40. The van der Waals surface area contributed by atoms with Gasteiger partial charge in [-0.15, -0.1) is 0 Å². The molecule has 2 unspecified atom stereocenters. The smallest absolute Gasteiger partial charge is 0.253 e. The molecule has 11 heteroatoms. The summed E-state index contributed by atoms with van der Waals surface area (Å²) in [5.74, 6) is -2.22. The van der Waals surface area contributed by atoms with Gasteiger partial charge in [-0.05, 0) is 90.8 Å². The molecule has 3 aromatic carbocycles. The molecule has 2 atom stereocenters. The zero-order valence-corrected chi connectivity index (χ0v) is 29.1. The van der Waals surface area contributed by atoms with Gasteiger partial charge in [0, 0.05) is 56.0 Å². The van der Waals surface area contributed by atoms with Crippen molar-refractivity contribution in [3.63, 3.8) is 0 Å². The maximum absolute atomic E-state index is 14.1. The Labute approximate surface area is 283 Å². The van der Waals surface area contributed by atoms with Crippen LogP contribution in [0, 0.1) is 18.6 Å². The number of nitrogens with one attached hydrogen (secondary N) is 1. The number of fused-ring (bicyclic) bond motifs is 1. The minimum atomic E-state index is -3.36. The molecule has 0 aliphatic carbocycles. The van der Waals surface area contributed by atoms with Gasteiger partial charge in [0.15, 0.2) is 9.84 Å². The molecule has 2 amide bonds. The summed E-state index contributed by atoms with van der Waals surface area (Å²) in [5.41, 5.74) is 4.41. The minimum absolute atomic E-state index is 0.00506. The van der Waals surface area contributed by atoms with Gasteiger partial charge in [0.2, 0.25) is 0 Å². The van der Waals surface area contributed by atoms with E-state index in [4.69, 9.17) is 0 Å². The number of halogens is 2. The molecular weight excluding hydrogens is 636 g/mol. The van der Waals surface area contributed by atoms with E-state index in [-0.39, 0.29) is 49.0 Å². The SMILES string of the molecule is CCCN(CCC)C(=O)c1cc(C)cc(C(=O)N(CCc2cc(F)cc(F)c2)CC(O)CNC2CS(=O)(=O)Cc3ccc(CC)cc32)c1. The molecule has 0 radical (unpaired) electrons. The first-order chi connectivity index (χ1) is 22.8. The van der Waals surface area contributed by atoms with E-state index in [2.05, 4.69) is 5.32 Å². The van der Waals surface area contributed by atoms with Gasteiger partial charge in [-0.3, -0.25) is 9.59 Å². The number of hydrogen-bond donors (Lipinski definition) is 2. The van der Waals surface area contributed by atoms with Crippen LogP contribution in [0.4, 0.5) is 8.78 Å². The number of aliphatic hydroxyl groups excluding tert-OH is 1. The molecule has 1 aliphatic rings. The highest BCUT2D eigenvalue weighted by Gasteiger charge is 2.31. The fraction of sp³-hybridized carbons (Fsp3) is 0.459. The second-order valence-corrected chi connectivity index (χ2v) is 14.8. The fourth-order valence-corrected chi connectivity index (χ4v) is 7.93. The number of rotatable bonds is 15. The number of amides is 2. The predicted molar refractivity (Wildman–Crippen MR) is 184 cm³/mol. The lowest BCUT2D eigenvalue weighted by atomic mass is 9.98. The van der Waals surface area contributed by atoms with Crippen LogP contribution in [0.3, 0.4) is 0 Å². The standard InChI is InChI=1S/C37H47F2N3O5S/c1-5-11-41(12-6-2)36(44)29-14-25(4)15-30(19-29)37(45)42(13-10-27-16-31(38)20-32(39)17-27)22-33(43)21-40-35-24-48(46,47)23-28-9-8-26(7-3)18-34(28)35/h8-9,14-20,33,35,40,43H,5-7,10-13,21-24H2,1-4H3. The summed E-state index contributed by atoms with van der Waals surface area (Å²) in [6, 6.07) is 13.4. The van der Waals surface area contributed by atoms with Crippen molar-refractivity contribution in [2.24, 2.45) is 0 Å². The van der Waals surface area contributed by atoms with E-state index in [0.717, 1.165) is 47.6 Å². The van der Waals surface area contributed by atoms with Gasteiger partial charge in [0.25, 0.3) is 11.8 Å². The van der Waals surface area contributed by atoms with Crippen molar-refractivity contribution in [2.45, 2.75) is 71.3 Å². The molecule has 0 bridgehead atoms. The molecular formula is C37H47F2N3O5S. The molecule has 1 heterocycles. The molecule has 1 aliphatic heterocycles. The number of benzene rings is 3. The van der Waals surface area contributed by atoms with E-state index in [1.54, 1.807) is 30.0 Å². The highest BCUT2D eigenvalue weighted by atomic mass is 32.2. The second-order valence-electron chi connectivity index (χ2n) is 12.7. The van der Waals surface area contributed by atoms with Crippen molar-refractivity contribution >= 4 is 21.7 Å². The quantitative estimate of drug-likeness (QED) is 0.222. The Morgan fingerprint density at radius 1 is 0.875 bits per heavy atom. The van der Waals surface area contributed by atoms with Crippen LogP contribution in [-0.4, -0.2) is 79.7 Å². The molecule has 0 aromatic heterocycles. The highest BCUT2D eigenvalue weighted by molar-refractivity contribution is 7.90. The molecule has 0 fully saturated rings. The van der Waals surface area contributed by atoms with Crippen LogP contribution >= 0.6 is 0 Å². The van der Waals surface area contributed by atoms with E-state index < -0.39 is 39.5 Å². The Kier molecular flexibility index (Phi) is 12.9. The van der Waals surface area contributed by atoms with Gasteiger partial charge in [0.1, 0.15) is 11.6 Å². The van der Waals surface area contributed by atoms with E-state index in [1.165, 1.54) is 17.0 Å². The van der Waals surface area contributed by atoms with Gasteiger partial charge < -0.3 is 20.2 Å². The Morgan fingerprint density at radius 3 is 2.10 bits per heavy atom. The van der Waals surface area contributed by atoms with Crippen molar-refractivity contribution in [1.29, 1.82) is 0 Å². The average molecular weight is 684 g/mol. The third kappa shape index (κ3) is 9.93. The third-order valence-electron chi connectivity index (χ3n) is 8.55. The fourth-order valence-electron chi connectivity index (χ4n) is 6.27. The second kappa shape index (κ2) is 16.6. The molecule has 3 aromatic rings. The van der Waals surface area contributed by atoms with Crippen LogP contribution in [0.15, 0.2) is 54.6 Å². The van der Waals surface area contributed by atoms with Crippen molar-refractivity contribution in [3.05, 3.63) is 105 Å². The van der Waals surface area contributed by atoms with Gasteiger partial charge in [0.05, 0.1) is 17.6 Å². The zero-order chi connectivity index (χ0) is 35.0. The molecule has 0 saturated carbocycles. The van der Waals surface area contributed by atoms with Crippen LogP contribution in [0.2, 0.25) is 0 Å². The normalized spacial score (nSPS) is 15.9. The first-order valence-corrected chi connectivity index (χ1v) is 18.5. The molecule has 0 saturated heterocycles. The number of carbonyl (C=O) groups is 2. The monoisotopic (exact) mass is 683 g/mol. The number of hydrogen-bond acceptors (Lipinski definition) is 6. The summed E-state index contributed by atoms with van der Waals surface area (Å²) in [7, 11) is -3.36. The van der Waals surface area contributed by atoms with Crippen LogP contribution in [0.1, 0.15) is 88.2 Å². The molecule has 2 N–H and O–H groups in total. The van der Waals surface area contributed by atoms with E-state index in [0.29, 0.717) is 24.2 Å². The molecule has 48 heavy (non-hydrogen) atoms. The maximum Gasteiger partial charge on any atom is 0.253 e. The summed E-state index contributed by atoms with van der Waals surface area (Å²) in [6.07, 6.45) is 1.40. The van der Waals surface area contributed by atoms with Crippen LogP contribution in [0.5, 0.6) is 0 Å². The summed E-state index contributed by atoms with van der Waals surface area (Å²) in [4.78, 5) is 30.7. The first kappa shape index (κ1) is 37.2. The highest BCUT2D eigenvalue weighted by Crippen LogP contribution is 2.29. The Morgan fingerprint density at radius 2 is 1.50 bits per heavy atom. The van der Waals surface area contributed by atoms with Crippen molar-refractivity contribution in [1.82, 2.24) is 15.1 Å². The van der Waals surface area contributed by atoms with E-state index in [1.807, 2.05) is 39.0 Å². The Balaban J connectivity index is 1.57.